The summed E-state index contributed by atoms with van der Waals surface area (Å²) in [6.07, 6.45) is 3.69. The van der Waals surface area contributed by atoms with Crippen molar-refractivity contribution in [2.45, 2.75) is 51.2 Å². The maximum Gasteiger partial charge on any atom is 0.0480 e. The number of hydrogen-bond donors (Lipinski definition) is 1. The molecule has 0 aromatic carbocycles. The molecule has 3 heteroatoms. The Bertz CT molecular complexity index is 192. The molecule has 0 radical (unpaired) electrons. The van der Waals surface area contributed by atoms with Crippen LogP contribution in [0.2, 0.25) is 0 Å². The Morgan fingerprint density at radius 2 is 2.07 bits per heavy atom. The monoisotopic (exact) mass is 212 g/mol. The lowest BCUT2D eigenvalue weighted by Gasteiger charge is -2.44. The number of piperazine rings is 1. The van der Waals surface area contributed by atoms with Crippen LogP contribution < -0.4 is 5.32 Å². The molecule has 2 aliphatic rings. The predicted molar refractivity (Wildman–Crippen MR) is 62.1 cm³/mol. The van der Waals surface area contributed by atoms with Gasteiger partial charge in [0.1, 0.15) is 0 Å². The molecule has 0 aliphatic carbocycles. The number of nitrogens with zero attached hydrogens (tertiary/aromatic N) is 1. The summed E-state index contributed by atoms with van der Waals surface area (Å²) in [7, 11) is 0. The van der Waals surface area contributed by atoms with Crippen LogP contribution in [0, 0.1) is 0 Å². The topological polar surface area (TPSA) is 24.5 Å². The molecule has 2 rings (SSSR count). The van der Waals surface area contributed by atoms with Crippen LogP contribution in [-0.4, -0.2) is 49.3 Å². The minimum atomic E-state index is 0.691. The summed E-state index contributed by atoms with van der Waals surface area (Å²) >= 11 is 0. The van der Waals surface area contributed by atoms with E-state index in [4.69, 9.17) is 4.74 Å². The lowest BCUT2D eigenvalue weighted by Crippen LogP contribution is -2.59. The molecule has 0 spiro atoms. The maximum atomic E-state index is 5.44. The zero-order valence-electron chi connectivity index (χ0n) is 10.0. The molecule has 88 valence electrons. The van der Waals surface area contributed by atoms with Gasteiger partial charge in [-0.15, -0.1) is 0 Å². The van der Waals surface area contributed by atoms with Crippen LogP contribution in [0.1, 0.15) is 33.1 Å². The van der Waals surface area contributed by atoms with Crippen LogP contribution in [0.5, 0.6) is 0 Å². The van der Waals surface area contributed by atoms with E-state index in [0.717, 1.165) is 25.8 Å². The summed E-state index contributed by atoms with van der Waals surface area (Å²) in [5.41, 5.74) is 0. The Kier molecular flexibility index (Phi) is 4.00. The van der Waals surface area contributed by atoms with Crippen molar-refractivity contribution in [3.8, 4) is 0 Å². The third kappa shape index (κ3) is 2.71. The van der Waals surface area contributed by atoms with Crippen molar-refractivity contribution in [1.29, 1.82) is 0 Å². The van der Waals surface area contributed by atoms with Gasteiger partial charge in [0.25, 0.3) is 0 Å². The van der Waals surface area contributed by atoms with E-state index in [0.29, 0.717) is 12.1 Å². The Balaban J connectivity index is 1.92. The Hall–Kier alpha value is -0.120. The van der Waals surface area contributed by atoms with E-state index in [2.05, 4.69) is 24.1 Å². The molecule has 1 N–H and O–H groups in total. The van der Waals surface area contributed by atoms with E-state index in [1.807, 2.05) is 0 Å². The van der Waals surface area contributed by atoms with Crippen molar-refractivity contribution in [2.75, 3.05) is 26.3 Å². The van der Waals surface area contributed by atoms with Gasteiger partial charge >= 0.3 is 0 Å². The molecule has 2 unspecified atom stereocenters. The molecular formula is C12H24N2O. The van der Waals surface area contributed by atoms with E-state index in [1.54, 1.807) is 0 Å². The quantitative estimate of drug-likeness (QED) is 0.745. The highest BCUT2D eigenvalue weighted by Gasteiger charge is 2.30. The molecule has 2 atom stereocenters. The van der Waals surface area contributed by atoms with Crippen LogP contribution in [-0.2, 0) is 4.74 Å². The summed E-state index contributed by atoms with van der Waals surface area (Å²) in [5, 5.41) is 3.61. The average Bonchev–Trinajstić information content (AvgIpc) is 2.31. The first kappa shape index (κ1) is 11.4. The smallest absolute Gasteiger partial charge is 0.0480 e. The average molecular weight is 212 g/mol. The fourth-order valence-electron chi connectivity index (χ4n) is 2.75. The molecule has 0 aromatic rings. The Morgan fingerprint density at radius 1 is 1.33 bits per heavy atom. The van der Waals surface area contributed by atoms with Gasteiger partial charge in [0.05, 0.1) is 0 Å². The molecule has 0 amide bonds. The largest absolute Gasteiger partial charge is 0.381 e. The van der Waals surface area contributed by atoms with Crippen molar-refractivity contribution < 1.29 is 4.74 Å². The minimum Gasteiger partial charge on any atom is -0.381 e. The zero-order chi connectivity index (χ0) is 10.7. The van der Waals surface area contributed by atoms with Crippen molar-refractivity contribution >= 4 is 0 Å². The number of rotatable bonds is 2. The molecule has 2 saturated heterocycles. The van der Waals surface area contributed by atoms with Crippen LogP contribution in [0.15, 0.2) is 0 Å². The lowest BCUT2D eigenvalue weighted by atomic mass is 10.0. The predicted octanol–water partition coefficient (Wildman–Crippen LogP) is 1.24. The zero-order valence-corrected chi connectivity index (χ0v) is 10.0. The van der Waals surface area contributed by atoms with Gasteiger partial charge in [0, 0.05) is 44.4 Å². The minimum absolute atomic E-state index is 0.691. The normalized spacial score (nSPS) is 35.6. The van der Waals surface area contributed by atoms with E-state index in [-0.39, 0.29) is 0 Å². The number of ether oxygens (including phenoxy) is 1. The molecule has 2 aliphatic heterocycles. The Morgan fingerprint density at radius 3 is 2.73 bits per heavy atom. The van der Waals surface area contributed by atoms with Gasteiger partial charge in [-0.25, -0.2) is 0 Å². The van der Waals surface area contributed by atoms with Gasteiger partial charge in [-0.1, -0.05) is 6.92 Å². The number of hydrogen-bond acceptors (Lipinski definition) is 3. The second kappa shape index (κ2) is 5.28. The van der Waals surface area contributed by atoms with Gasteiger partial charge < -0.3 is 10.1 Å². The first-order valence-corrected chi connectivity index (χ1v) is 6.38. The van der Waals surface area contributed by atoms with Gasteiger partial charge in [0.2, 0.25) is 0 Å². The van der Waals surface area contributed by atoms with Crippen LogP contribution >= 0.6 is 0 Å². The first-order valence-electron chi connectivity index (χ1n) is 6.38. The van der Waals surface area contributed by atoms with Crippen molar-refractivity contribution in [3.05, 3.63) is 0 Å². The molecule has 0 saturated carbocycles. The fourth-order valence-corrected chi connectivity index (χ4v) is 2.75. The van der Waals surface area contributed by atoms with Crippen molar-refractivity contribution in [1.82, 2.24) is 10.2 Å². The molecule has 3 nitrogen and oxygen atoms in total. The summed E-state index contributed by atoms with van der Waals surface area (Å²) < 4.78 is 5.44. The fraction of sp³-hybridized carbons (Fsp3) is 1.00. The summed E-state index contributed by atoms with van der Waals surface area (Å²) in [6, 6.07) is 2.16. The van der Waals surface area contributed by atoms with E-state index in [9.17, 15) is 0 Å². The highest BCUT2D eigenvalue weighted by molar-refractivity contribution is 4.88. The summed E-state index contributed by atoms with van der Waals surface area (Å²) in [5.74, 6) is 0. The van der Waals surface area contributed by atoms with Crippen molar-refractivity contribution in [2.24, 2.45) is 0 Å². The third-order valence-corrected chi connectivity index (χ3v) is 3.85. The first-order chi connectivity index (χ1) is 7.31. The summed E-state index contributed by atoms with van der Waals surface area (Å²) in [6.45, 7) is 8.90. The molecule has 0 aromatic heterocycles. The second-order valence-corrected chi connectivity index (χ2v) is 4.90. The highest BCUT2D eigenvalue weighted by Crippen LogP contribution is 2.20. The van der Waals surface area contributed by atoms with Gasteiger partial charge in [-0.05, 0) is 26.2 Å². The molecule has 15 heavy (non-hydrogen) atoms. The third-order valence-electron chi connectivity index (χ3n) is 3.85. The van der Waals surface area contributed by atoms with Crippen LogP contribution in [0.3, 0.4) is 0 Å². The van der Waals surface area contributed by atoms with Crippen LogP contribution in [0.25, 0.3) is 0 Å². The van der Waals surface area contributed by atoms with Crippen molar-refractivity contribution in [3.63, 3.8) is 0 Å². The van der Waals surface area contributed by atoms with Crippen LogP contribution in [0.4, 0.5) is 0 Å². The van der Waals surface area contributed by atoms with E-state index < -0.39 is 0 Å². The Labute approximate surface area is 93.2 Å². The molecule has 0 bridgehead atoms. The highest BCUT2D eigenvalue weighted by atomic mass is 16.5. The second-order valence-electron chi connectivity index (χ2n) is 4.90. The standard InChI is InChI=1S/C12H24N2O/c1-3-11-9-14(10(2)8-13-11)12-4-6-15-7-5-12/h10-13H,3-9H2,1-2H3. The molecular weight excluding hydrogens is 188 g/mol. The lowest BCUT2D eigenvalue weighted by molar-refractivity contribution is 0.00422. The van der Waals surface area contributed by atoms with Gasteiger partial charge in [0.15, 0.2) is 0 Å². The SMILES string of the molecule is CCC1CN(C2CCOCC2)C(C)CN1. The summed E-state index contributed by atoms with van der Waals surface area (Å²) in [4.78, 5) is 2.70. The number of nitrogens with one attached hydrogen (secondary N) is 1. The van der Waals surface area contributed by atoms with Gasteiger partial charge in [-0.2, -0.15) is 0 Å². The molecule has 2 heterocycles. The van der Waals surface area contributed by atoms with E-state index >= 15 is 0 Å². The maximum absolute atomic E-state index is 5.44. The van der Waals surface area contributed by atoms with Gasteiger partial charge in [-0.3, -0.25) is 4.90 Å². The molecule has 2 fully saturated rings. The van der Waals surface area contributed by atoms with E-state index in [1.165, 1.54) is 25.8 Å².